The predicted octanol–water partition coefficient (Wildman–Crippen LogP) is 9.76. The summed E-state index contributed by atoms with van der Waals surface area (Å²) in [5.41, 5.74) is -2.26. The second-order valence-corrected chi connectivity index (χ2v) is 23.3. The second-order valence-electron chi connectivity index (χ2n) is 15.1. The van der Waals surface area contributed by atoms with E-state index in [0.717, 1.165) is 18.2 Å². The quantitative estimate of drug-likeness (QED) is 0.0488. The number of benzene rings is 4. The largest absolute Gasteiger partial charge is 0.495 e. The van der Waals surface area contributed by atoms with Crippen LogP contribution in [0.4, 0.5) is 33.6 Å². The number of carbonyl (C=O) groups is 4. The van der Waals surface area contributed by atoms with Crippen LogP contribution in [0.2, 0.25) is 20.1 Å². The summed E-state index contributed by atoms with van der Waals surface area (Å²) in [6.45, 7) is 0. The van der Waals surface area contributed by atoms with Crippen LogP contribution in [0.3, 0.4) is 0 Å². The lowest BCUT2D eigenvalue weighted by atomic mass is 10.1. The van der Waals surface area contributed by atoms with E-state index < -0.39 is 79.6 Å². The van der Waals surface area contributed by atoms with Crippen LogP contribution in [-0.2, 0) is 38.3 Å². The maximum Gasteiger partial charge on any atom is 0.285 e. The van der Waals surface area contributed by atoms with Crippen molar-refractivity contribution in [3.05, 3.63) is 80.8 Å². The van der Waals surface area contributed by atoms with Gasteiger partial charge in [0.15, 0.2) is 34.5 Å². The fourth-order valence-corrected chi connectivity index (χ4v) is 11.6. The average molecular weight is 1250 g/mol. The minimum absolute atomic E-state index is 0. The number of Topliss-reactive ketones (excluding diaryl/α,β-unsaturated/α-hetero) is 2. The highest BCUT2D eigenvalue weighted by Gasteiger charge is 2.36. The number of amides is 2. The minimum atomic E-state index is -4.17. The van der Waals surface area contributed by atoms with Gasteiger partial charge in [0, 0.05) is 57.9 Å². The van der Waals surface area contributed by atoms with Gasteiger partial charge in [-0.15, -0.1) is 0 Å². The summed E-state index contributed by atoms with van der Waals surface area (Å²) in [6.07, 6.45) is -7.92. The SMILES string of the molecule is COc1ccc(Oc2c(Cl)cc(N3N=C(C(F)F)C(=O)CC3=O)cc2Cl)cc1S(=O)(=O)Cl.COc1ccc(Oc2c(Cl)cc(N3N=C(C(F)F)C(=O)CC3=O)cc2Cl)cc1S(=O)(=O)NC1CSC1.ClNC1CSC1.F. The van der Waals surface area contributed by atoms with Crippen molar-refractivity contribution >= 4 is 158 Å². The monoisotopic (exact) mass is 1250 g/mol. The highest BCUT2D eigenvalue weighted by molar-refractivity contribution is 8.13. The Kier molecular flexibility index (Phi) is 21.6. The van der Waals surface area contributed by atoms with Crippen LogP contribution >= 0.6 is 92.4 Å². The first-order valence-electron chi connectivity index (χ1n) is 20.5. The Morgan fingerprint density at radius 1 is 0.627 bits per heavy atom. The smallest absolute Gasteiger partial charge is 0.285 e. The van der Waals surface area contributed by atoms with E-state index in [4.69, 9.17) is 87.8 Å². The topological polar surface area (TPSA) is 229 Å². The van der Waals surface area contributed by atoms with Crippen LogP contribution in [0.15, 0.2) is 80.7 Å². The number of halogens is 11. The van der Waals surface area contributed by atoms with Crippen molar-refractivity contribution in [3.8, 4) is 34.5 Å². The zero-order valence-corrected chi connectivity index (χ0v) is 45.6. The summed E-state index contributed by atoms with van der Waals surface area (Å²) in [4.78, 5) is 49.7. The molecule has 33 heteroatoms. The number of rotatable bonds is 15. The van der Waals surface area contributed by atoms with Crippen LogP contribution in [0, 0.1) is 0 Å². The van der Waals surface area contributed by atoms with Gasteiger partial charge in [-0.2, -0.15) is 43.7 Å². The van der Waals surface area contributed by atoms with E-state index in [1.807, 2.05) is 11.8 Å². The molecule has 2 N–H and O–H groups in total. The van der Waals surface area contributed by atoms with Crippen LogP contribution in [0.1, 0.15) is 12.8 Å². The molecule has 4 aromatic rings. The summed E-state index contributed by atoms with van der Waals surface area (Å²) in [5.74, 6) is -0.248. The molecule has 2 amide bonds. The van der Waals surface area contributed by atoms with Crippen molar-refractivity contribution in [2.45, 2.75) is 47.6 Å². The number of methoxy groups -OCH3 is 2. The molecule has 8 rings (SSSR count). The minimum Gasteiger partial charge on any atom is -0.495 e. The molecule has 75 heavy (non-hydrogen) atoms. The molecule has 4 heterocycles. The molecule has 0 bridgehead atoms. The van der Waals surface area contributed by atoms with E-state index in [-0.39, 0.29) is 86.5 Å². The normalized spacial score (nSPS) is 16.1. The molecule has 18 nitrogen and oxygen atoms in total. The molecule has 0 aliphatic carbocycles. The molecule has 2 fully saturated rings. The first-order valence-corrected chi connectivity index (χ1v) is 28.5. The van der Waals surface area contributed by atoms with Crippen molar-refractivity contribution in [1.29, 1.82) is 0 Å². The number of alkyl halides is 4. The lowest BCUT2D eigenvalue weighted by molar-refractivity contribution is -0.126. The number of ketones is 2. The number of anilines is 2. The molecule has 406 valence electrons. The van der Waals surface area contributed by atoms with Crippen molar-refractivity contribution in [1.82, 2.24) is 9.56 Å². The molecule has 0 radical (unpaired) electrons. The van der Waals surface area contributed by atoms with Gasteiger partial charge in [-0.3, -0.25) is 23.9 Å². The first-order chi connectivity index (χ1) is 34.8. The highest BCUT2D eigenvalue weighted by Crippen LogP contribution is 2.44. The van der Waals surface area contributed by atoms with Gasteiger partial charge >= 0.3 is 0 Å². The summed E-state index contributed by atoms with van der Waals surface area (Å²) in [5, 5.41) is 7.52. The number of hydrogen-bond acceptors (Lipinski definition) is 17. The van der Waals surface area contributed by atoms with Gasteiger partial charge in [-0.05, 0) is 60.3 Å². The first kappa shape index (κ1) is 61.5. The molecule has 0 atom stereocenters. The van der Waals surface area contributed by atoms with Crippen molar-refractivity contribution in [2.75, 3.05) is 47.2 Å². The van der Waals surface area contributed by atoms with E-state index >= 15 is 0 Å². The van der Waals surface area contributed by atoms with Gasteiger partial charge in [0.25, 0.3) is 33.7 Å². The van der Waals surface area contributed by atoms with E-state index in [1.54, 1.807) is 11.8 Å². The highest BCUT2D eigenvalue weighted by atomic mass is 35.7. The van der Waals surface area contributed by atoms with Crippen LogP contribution in [-0.4, -0.2) is 114 Å². The number of thioether (sulfide) groups is 2. The maximum atomic E-state index is 13.1. The predicted molar refractivity (Wildman–Crippen MR) is 277 cm³/mol. The van der Waals surface area contributed by atoms with Crippen molar-refractivity contribution < 1.29 is 77.2 Å². The average Bonchev–Trinajstić information content (AvgIpc) is 3.29. The Hall–Kier alpha value is -4.39. The third kappa shape index (κ3) is 15.2. The van der Waals surface area contributed by atoms with Crippen LogP contribution < -0.4 is 38.5 Å². The zero-order chi connectivity index (χ0) is 54.4. The Balaban J connectivity index is 0.000000247. The third-order valence-electron chi connectivity index (χ3n) is 9.97. The molecule has 0 saturated carbocycles. The van der Waals surface area contributed by atoms with Crippen molar-refractivity contribution in [3.63, 3.8) is 0 Å². The van der Waals surface area contributed by atoms with Gasteiger partial charge in [-0.1, -0.05) is 46.4 Å². The summed E-state index contributed by atoms with van der Waals surface area (Å²) in [7, 11) is -0.107. The molecule has 4 aliphatic heterocycles. The standard InChI is InChI=1S/C21H17Cl2F2N3O6S2.C18H11Cl3F2N2O6S.C3H6ClNS.FH/c1-33-16-3-2-12(6-17(16)36(31,32)27-10-8-35-9-10)34-20-13(22)4-11(5-14(20)23)28-18(30)7-15(29)19(26-28)21(24)25;1-30-13-3-2-9(6-14(13)32(21,28)29)31-17-10(19)4-8(5-11(17)20)25-15(27)7-12(26)16(24-25)18(22)23;4-5-3-1-6-2-3;/h2-6,10,21,27H,7-9H2,1H3;2-6,18H,7H2,1H3;3,5H,1-2H2;1H. The Bertz CT molecular complexity index is 3120. The molecule has 2 saturated heterocycles. The van der Waals surface area contributed by atoms with E-state index in [0.29, 0.717) is 27.6 Å². The Morgan fingerprint density at radius 3 is 1.31 bits per heavy atom. The van der Waals surface area contributed by atoms with Gasteiger partial charge in [0.2, 0.25) is 10.0 Å². The lowest BCUT2D eigenvalue weighted by Gasteiger charge is -2.26. The molecule has 0 unspecified atom stereocenters. The molecule has 4 aliphatic rings. The number of nitrogens with one attached hydrogen (secondary N) is 2. The number of ether oxygens (including phenoxy) is 4. The Morgan fingerprint density at radius 2 is 1.00 bits per heavy atom. The lowest BCUT2D eigenvalue weighted by Crippen LogP contribution is -2.43. The summed E-state index contributed by atoms with van der Waals surface area (Å²) < 4.78 is 125. The van der Waals surface area contributed by atoms with Gasteiger partial charge in [-0.25, -0.2) is 44.0 Å². The van der Waals surface area contributed by atoms with E-state index in [2.05, 4.69) is 19.8 Å². The Labute approximate surface area is 461 Å². The molecular weight excluding hydrogens is 1220 g/mol. The van der Waals surface area contributed by atoms with Crippen molar-refractivity contribution in [2.24, 2.45) is 10.2 Å². The molecule has 4 aromatic carbocycles. The summed E-state index contributed by atoms with van der Waals surface area (Å²) in [6, 6.07) is 12.9. The summed E-state index contributed by atoms with van der Waals surface area (Å²) >= 11 is 33.7. The number of hydrazone groups is 2. The van der Waals surface area contributed by atoms with Crippen LogP contribution in [0.25, 0.3) is 0 Å². The number of hydrogen-bond donors (Lipinski definition) is 2. The van der Waals surface area contributed by atoms with Gasteiger partial charge < -0.3 is 18.9 Å². The number of sulfonamides is 1. The fourth-order valence-electron chi connectivity index (χ4n) is 6.27. The maximum absolute atomic E-state index is 13.1. The van der Waals surface area contributed by atoms with E-state index in [9.17, 15) is 53.6 Å². The number of carbonyl (C=O) groups excluding carboxylic acids is 4. The van der Waals surface area contributed by atoms with Gasteiger partial charge in [0.05, 0.1) is 58.5 Å². The fraction of sp³-hybridized carbons (Fsp3) is 0.286. The molecular formula is C42H35Cl6F5N6O12S4. The van der Waals surface area contributed by atoms with E-state index in [1.165, 1.54) is 68.2 Å². The second kappa shape index (κ2) is 26.3. The third-order valence-corrected chi connectivity index (χ3v) is 16.8. The van der Waals surface area contributed by atoms with Gasteiger partial charge in [0.1, 0.15) is 32.8 Å². The van der Waals surface area contributed by atoms with Crippen LogP contribution in [0.5, 0.6) is 34.5 Å². The molecule has 0 aromatic heterocycles. The molecule has 0 spiro atoms. The number of nitrogens with zero attached hydrogens (tertiary/aromatic N) is 4. The zero-order valence-electron chi connectivity index (χ0n) is 37.8.